The number of anilines is 1. The molecule has 0 saturated carbocycles. The Kier molecular flexibility index (Phi) is 8.41. The van der Waals surface area contributed by atoms with Crippen molar-refractivity contribution in [3.63, 3.8) is 0 Å². The molecule has 0 radical (unpaired) electrons. The predicted octanol–water partition coefficient (Wildman–Crippen LogP) is 5.12. The standard InChI is InChI=1S/C29H27ClN4O5S2/c1-34(2)14-5-15-39-19-10-8-18(9-11-19)29-32-17-20(40-29)16-31-27(35)22-12-13-24-26(25(22)30)33-28(36)21-6-3-4-7-23(21)41(24,37)38/h3-4,6-13,17H,5,14-16H2,1-2H3,(H,31,35)(H,33,36). The predicted molar refractivity (Wildman–Crippen MR) is 159 cm³/mol. The minimum absolute atomic E-state index is 0.00828. The largest absolute Gasteiger partial charge is 0.494 e. The molecule has 0 aliphatic carbocycles. The highest BCUT2D eigenvalue weighted by Gasteiger charge is 2.33. The van der Waals surface area contributed by atoms with Gasteiger partial charge in [0.25, 0.3) is 11.8 Å². The first-order chi connectivity index (χ1) is 19.6. The van der Waals surface area contributed by atoms with E-state index in [-0.39, 0.29) is 38.2 Å². The first-order valence-electron chi connectivity index (χ1n) is 12.7. The topological polar surface area (TPSA) is 118 Å². The number of carbonyl (C=O) groups excluding carboxylic acids is 2. The van der Waals surface area contributed by atoms with Gasteiger partial charge in [-0.2, -0.15) is 0 Å². The van der Waals surface area contributed by atoms with Crippen molar-refractivity contribution in [2.45, 2.75) is 22.8 Å². The molecular weight excluding hydrogens is 584 g/mol. The molecule has 0 bridgehead atoms. The summed E-state index contributed by atoms with van der Waals surface area (Å²) in [6.07, 6.45) is 2.63. The second-order valence-corrected chi connectivity index (χ2v) is 13.0. The zero-order valence-corrected chi connectivity index (χ0v) is 24.7. The molecule has 0 fully saturated rings. The number of ether oxygens (including phenoxy) is 1. The number of rotatable bonds is 9. The van der Waals surface area contributed by atoms with Crippen LogP contribution in [0.5, 0.6) is 5.75 Å². The van der Waals surface area contributed by atoms with Crippen molar-refractivity contribution in [1.82, 2.24) is 15.2 Å². The fourth-order valence-electron chi connectivity index (χ4n) is 4.31. The van der Waals surface area contributed by atoms with Gasteiger partial charge in [0.15, 0.2) is 0 Å². The highest BCUT2D eigenvalue weighted by molar-refractivity contribution is 7.91. The Bertz CT molecular complexity index is 1720. The number of thiazole rings is 1. The van der Waals surface area contributed by atoms with E-state index in [9.17, 15) is 18.0 Å². The molecule has 41 heavy (non-hydrogen) atoms. The number of halogens is 1. The van der Waals surface area contributed by atoms with Crippen molar-refractivity contribution in [2.24, 2.45) is 0 Å². The molecule has 0 spiro atoms. The lowest BCUT2D eigenvalue weighted by Gasteiger charge is -2.13. The molecule has 0 atom stereocenters. The maximum atomic E-state index is 13.3. The SMILES string of the molecule is CN(C)CCCOc1ccc(-c2ncc(CNC(=O)c3ccc4c(c3Cl)NC(=O)c3ccccc3S4(=O)=O)s2)cc1. The summed E-state index contributed by atoms with van der Waals surface area (Å²) in [6, 6.07) is 16.2. The summed E-state index contributed by atoms with van der Waals surface area (Å²) in [5.41, 5.74) is 0.859. The average molecular weight is 611 g/mol. The van der Waals surface area contributed by atoms with E-state index in [0.29, 0.717) is 6.61 Å². The molecule has 212 valence electrons. The maximum absolute atomic E-state index is 13.3. The van der Waals surface area contributed by atoms with Gasteiger partial charge in [-0.1, -0.05) is 23.7 Å². The van der Waals surface area contributed by atoms with Gasteiger partial charge in [-0.25, -0.2) is 13.4 Å². The number of fused-ring (bicyclic) bond motifs is 2. The van der Waals surface area contributed by atoms with E-state index in [2.05, 4.69) is 20.5 Å². The van der Waals surface area contributed by atoms with Crippen LogP contribution in [0.25, 0.3) is 10.6 Å². The van der Waals surface area contributed by atoms with Crippen LogP contribution in [0.15, 0.2) is 76.7 Å². The van der Waals surface area contributed by atoms with Gasteiger partial charge in [0.1, 0.15) is 10.8 Å². The molecule has 4 aromatic rings. The van der Waals surface area contributed by atoms with E-state index in [1.165, 1.54) is 35.6 Å². The Balaban J connectivity index is 1.26. The maximum Gasteiger partial charge on any atom is 0.257 e. The van der Waals surface area contributed by atoms with Gasteiger partial charge < -0.3 is 20.3 Å². The highest BCUT2D eigenvalue weighted by Crippen LogP contribution is 2.39. The fraction of sp³-hybridized carbons (Fsp3) is 0.207. The first kappa shape index (κ1) is 28.7. The smallest absolute Gasteiger partial charge is 0.257 e. The van der Waals surface area contributed by atoms with Gasteiger partial charge in [0.05, 0.1) is 44.8 Å². The lowest BCUT2D eigenvalue weighted by molar-refractivity contribution is 0.0950. The number of hydrogen-bond acceptors (Lipinski definition) is 8. The van der Waals surface area contributed by atoms with E-state index in [1.54, 1.807) is 18.3 Å². The van der Waals surface area contributed by atoms with Crippen LogP contribution in [0.4, 0.5) is 5.69 Å². The van der Waals surface area contributed by atoms with Crippen LogP contribution < -0.4 is 15.4 Å². The molecule has 2 heterocycles. The monoisotopic (exact) mass is 610 g/mol. The van der Waals surface area contributed by atoms with Crippen LogP contribution in [0.3, 0.4) is 0 Å². The van der Waals surface area contributed by atoms with Crippen molar-refractivity contribution in [3.05, 3.63) is 87.9 Å². The van der Waals surface area contributed by atoms with Crippen molar-refractivity contribution < 1.29 is 22.7 Å². The molecule has 1 aromatic heterocycles. The van der Waals surface area contributed by atoms with Gasteiger partial charge in [0, 0.05) is 23.2 Å². The van der Waals surface area contributed by atoms with E-state index < -0.39 is 21.7 Å². The number of nitrogens with one attached hydrogen (secondary N) is 2. The number of benzene rings is 3. The Labute approximate surface area is 247 Å². The molecule has 3 aromatic carbocycles. The van der Waals surface area contributed by atoms with Gasteiger partial charge in [-0.3, -0.25) is 9.59 Å². The third-order valence-corrected chi connectivity index (χ3v) is 9.69. The van der Waals surface area contributed by atoms with Crippen LogP contribution >= 0.6 is 22.9 Å². The molecule has 5 rings (SSSR count). The minimum atomic E-state index is -4.04. The molecule has 2 amide bonds. The van der Waals surface area contributed by atoms with Crippen LogP contribution in [-0.2, 0) is 16.4 Å². The Morgan fingerprint density at radius 3 is 2.59 bits per heavy atom. The van der Waals surface area contributed by atoms with E-state index in [0.717, 1.165) is 34.2 Å². The molecule has 0 unspecified atom stereocenters. The Morgan fingerprint density at radius 2 is 1.83 bits per heavy atom. The van der Waals surface area contributed by atoms with E-state index in [4.69, 9.17) is 16.3 Å². The molecule has 1 aliphatic rings. The highest BCUT2D eigenvalue weighted by atomic mass is 35.5. The number of sulfone groups is 1. The number of aromatic nitrogens is 1. The summed E-state index contributed by atoms with van der Waals surface area (Å²) in [5.74, 6) is -0.345. The minimum Gasteiger partial charge on any atom is -0.494 e. The second-order valence-electron chi connectivity index (χ2n) is 9.60. The zero-order chi connectivity index (χ0) is 29.1. The number of carbonyl (C=O) groups is 2. The van der Waals surface area contributed by atoms with E-state index >= 15 is 0 Å². The summed E-state index contributed by atoms with van der Waals surface area (Å²) >= 11 is 7.93. The summed E-state index contributed by atoms with van der Waals surface area (Å²) < 4.78 is 32.3. The average Bonchev–Trinajstić information content (AvgIpc) is 3.41. The molecule has 12 heteroatoms. The lowest BCUT2D eigenvalue weighted by atomic mass is 10.1. The van der Waals surface area contributed by atoms with Crippen LogP contribution in [0.2, 0.25) is 5.02 Å². The molecular formula is C29H27ClN4O5S2. The Hall–Kier alpha value is -3.77. The molecule has 9 nitrogen and oxygen atoms in total. The summed E-state index contributed by atoms with van der Waals surface area (Å²) in [7, 11) is 0.0156. The Morgan fingerprint density at radius 1 is 1.07 bits per heavy atom. The third kappa shape index (κ3) is 6.13. The van der Waals surface area contributed by atoms with Crippen LogP contribution in [0.1, 0.15) is 32.0 Å². The molecule has 0 saturated heterocycles. The second kappa shape index (κ2) is 12.0. The summed E-state index contributed by atoms with van der Waals surface area (Å²) in [4.78, 5) is 32.9. The normalized spacial score (nSPS) is 13.6. The molecule has 2 N–H and O–H groups in total. The van der Waals surface area contributed by atoms with Crippen molar-refractivity contribution >= 4 is 50.3 Å². The number of nitrogens with zero attached hydrogens (tertiary/aromatic N) is 2. The van der Waals surface area contributed by atoms with Crippen LogP contribution in [-0.4, -0.2) is 57.4 Å². The van der Waals surface area contributed by atoms with Gasteiger partial charge in [0.2, 0.25) is 9.84 Å². The summed E-state index contributed by atoms with van der Waals surface area (Å²) in [5, 5.41) is 6.01. The summed E-state index contributed by atoms with van der Waals surface area (Å²) in [6.45, 7) is 1.79. The zero-order valence-electron chi connectivity index (χ0n) is 22.3. The van der Waals surface area contributed by atoms with Crippen molar-refractivity contribution in [1.29, 1.82) is 0 Å². The van der Waals surface area contributed by atoms with Crippen LogP contribution in [0, 0.1) is 0 Å². The van der Waals surface area contributed by atoms with Gasteiger partial charge in [-0.05, 0) is 69.0 Å². The quantitative estimate of drug-likeness (QED) is 0.253. The number of hydrogen-bond donors (Lipinski definition) is 2. The fourth-order valence-corrected chi connectivity index (χ4v) is 7.14. The van der Waals surface area contributed by atoms with Crippen molar-refractivity contribution in [2.75, 3.05) is 32.6 Å². The number of amides is 2. The lowest BCUT2D eigenvalue weighted by Crippen LogP contribution is -2.23. The van der Waals surface area contributed by atoms with Gasteiger partial charge >= 0.3 is 0 Å². The van der Waals surface area contributed by atoms with Crippen molar-refractivity contribution in [3.8, 4) is 16.3 Å². The molecule has 1 aliphatic heterocycles. The first-order valence-corrected chi connectivity index (χ1v) is 15.4. The van der Waals surface area contributed by atoms with Gasteiger partial charge in [-0.15, -0.1) is 11.3 Å². The van der Waals surface area contributed by atoms with E-state index in [1.807, 2.05) is 38.4 Å². The third-order valence-electron chi connectivity index (χ3n) is 6.39.